The number of amides is 1. The van der Waals surface area contributed by atoms with Gasteiger partial charge < -0.3 is 10.4 Å². The van der Waals surface area contributed by atoms with Gasteiger partial charge in [0.2, 0.25) is 5.91 Å². The highest BCUT2D eigenvalue weighted by atomic mass is 19.4. The lowest BCUT2D eigenvalue weighted by Crippen LogP contribution is -2.38. The fraction of sp³-hybridized carbons (Fsp3) is 0.529. The Kier molecular flexibility index (Phi) is 5.20. The van der Waals surface area contributed by atoms with Crippen molar-refractivity contribution in [1.82, 2.24) is 0 Å². The third-order valence-corrected chi connectivity index (χ3v) is 4.58. The minimum absolute atomic E-state index is 0.0284. The molecular formula is C17H20F3NO3. The standard InChI is InChI=1S/C17H20F3NO3/c1-9-3-6-12(13(7-9)16(23)24)15(22)21-11-5-4-10(2)14(8-11)17(18,19)20/h4-5,8-9,12-13H,3,6-7H2,1-2H3,(H,21,22)(H,23,24). The summed E-state index contributed by atoms with van der Waals surface area (Å²) in [5, 5.41) is 11.7. The molecule has 1 aromatic carbocycles. The summed E-state index contributed by atoms with van der Waals surface area (Å²) in [6.07, 6.45) is -2.96. The Morgan fingerprint density at radius 1 is 1.21 bits per heavy atom. The van der Waals surface area contributed by atoms with Gasteiger partial charge in [0, 0.05) is 5.69 Å². The number of anilines is 1. The van der Waals surface area contributed by atoms with Crippen LogP contribution in [0.5, 0.6) is 0 Å². The van der Waals surface area contributed by atoms with Crippen molar-refractivity contribution < 1.29 is 27.9 Å². The number of halogens is 3. The fourth-order valence-corrected chi connectivity index (χ4v) is 3.21. The molecule has 0 bridgehead atoms. The summed E-state index contributed by atoms with van der Waals surface area (Å²) in [5.41, 5.74) is -0.719. The van der Waals surface area contributed by atoms with Crippen LogP contribution in [0.1, 0.15) is 37.3 Å². The number of carbonyl (C=O) groups excluding carboxylic acids is 1. The number of carbonyl (C=O) groups is 2. The quantitative estimate of drug-likeness (QED) is 0.869. The van der Waals surface area contributed by atoms with Gasteiger partial charge in [-0.3, -0.25) is 9.59 Å². The van der Waals surface area contributed by atoms with Crippen LogP contribution in [0.25, 0.3) is 0 Å². The molecule has 1 amide bonds. The van der Waals surface area contributed by atoms with Crippen molar-refractivity contribution >= 4 is 17.6 Å². The van der Waals surface area contributed by atoms with Crippen LogP contribution in [-0.2, 0) is 15.8 Å². The molecule has 132 valence electrons. The fourth-order valence-electron chi connectivity index (χ4n) is 3.21. The number of carboxylic acid groups (broad SMARTS) is 1. The number of carboxylic acids is 1. The van der Waals surface area contributed by atoms with Gasteiger partial charge in [-0.25, -0.2) is 0 Å². The zero-order valence-electron chi connectivity index (χ0n) is 13.5. The Hall–Kier alpha value is -2.05. The van der Waals surface area contributed by atoms with Crippen LogP contribution in [-0.4, -0.2) is 17.0 Å². The monoisotopic (exact) mass is 343 g/mol. The molecule has 3 atom stereocenters. The molecule has 0 aliphatic heterocycles. The van der Waals surface area contributed by atoms with E-state index in [9.17, 15) is 27.9 Å². The topological polar surface area (TPSA) is 66.4 Å². The summed E-state index contributed by atoms with van der Waals surface area (Å²) >= 11 is 0. The third-order valence-electron chi connectivity index (χ3n) is 4.58. The van der Waals surface area contributed by atoms with Crippen LogP contribution in [0, 0.1) is 24.7 Å². The molecule has 2 rings (SSSR count). The molecule has 0 radical (unpaired) electrons. The average molecular weight is 343 g/mol. The van der Waals surface area contributed by atoms with Gasteiger partial charge in [0.15, 0.2) is 0 Å². The van der Waals surface area contributed by atoms with E-state index in [4.69, 9.17) is 0 Å². The Bertz CT molecular complexity index is 642. The summed E-state index contributed by atoms with van der Waals surface area (Å²) in [4.78, 5) is 23.7. The van der Waals surface area contributed by atoms with E-state index in [0.29, 0.717) is 12.8 Å². The van der Waals surface area contributed by atoms with E-state index in [1.807, 2.05) is 6.92 Å². The summed E-state index contributed by atoms with van der Waals surface area (Å²) in [6.45, 7) is 3.27. The highest BCUT2D eigenvalue weighted by molar-refractivity contribution is 5.95. The molecule has 2 N–H and O–H groups in total. The van der Waals surface area contributed by atoms with Crippen molar-refractivity contribution in [2.75, 3.05) is 5.32 Å². The Morgan fingerprint density at radius 3 is 2.46 bits per heavy atom. The minimum Gasteiger partial charge on any atom is -0.481 e. The molecule has 0 aromatic heterocycles. The molecule has 7 heteroatoms. The van der Waals surface area contributed by atoms with E-state index in [1.54, 1.807) is 0 Å². The lowest BCUT2D eigenvalue weighted by molar-refractivity contribution is -0.148. The van der Waals surface area contributed by atoms with Crippen molar-refractivity contribution in [1.29, 1.82) is 0 Å². The molecule has 1 fully saturated rings. The molecule has 0 spiro atoms. The summed E-state index contributed by atoms with van der Waals surface area (Å²) < 4.78 is 38.8. The van der Waals surface area contributed by atoms with Crippen LogP contribution in [0.4, 0.5) is 18.9 Å². The number of aryl methyl sites for hydroxylation is 1. The molecule has 3 unspecified atom stereocenters. The van der Waals surface area contributed by atoms with Gasteiger partial charge >= 0.3 is 12.1 Å². The van der Waals surface area contributed by atoms with E-state index in [2.05, 4.69) is 5.32 Å². The maximum Gasteiger partial charge on any atom is 0.416 e. The normalized spacial score (nSPS) is 24.5. The zero-order valence-corrected chi connectivity index (χ0v) is 13.5. The number of alkyl halides is 3. The third kappa shape index (κ3) is 4.07. The molecule has 4 nitrogen and oxygen atoms in total. The second-order valence-electron chi connectivity index (χ2n) is 6.49. The zero-order chi connectivity index (χ0) is 18.1. The Labute approximate surface area is 138 Å². The van der Waals surface area contributed by atoms with Crippen molar-refractivity contribution in [2.45, 2.75) is 39.3 Å². The van der Waals surface area contributed by atoms with Crippen LogP contribution in [0.15, 0.2) is 18.2 Å². The molecular weight excluding hydrogens is 323 g/mol. The number of hydrogen-bond acceptors (Lipinski definition) is 2. The number of rotatable bonds is 3. The highest BCUT2D eigenvalue weighted by Crippen LogP contribution is 2.36. The van der Waals surface area contributed by atoms with Gasteiger partial charge in [-0.1, -0.05) is 13.0 Å². The highest BCUT2D eigenvalue weighted by Gasteiger charge is 2.38. The molecule has 1 aliphatic carbocycles. The maximum atomic E-state index is 12.9. The van der Waals surface area contributed by atoms with E-state index in [0.717, 1.165) is 12.5 Å². The Morgan fingerprint density at radius 2 is 1.88 bits per heavy atom. The van der Waals surface area contributed by atoms with Crippen LogP contribution in [0.3, 0.4) is 0 Å². The molecule has 0 saturated heterocycles. The molecule has 1 aliphatic rings. The summed E-state index contributed by atoms with van der Waals surface area (Å²) in [7, 11) is 0. The average Bonchev–Trinajstić information content (AvgIpc) is 2.47. The predicted octanol–water partition coefficient (Wildman–Crippen LogP) is 4.09. The second-order valence-corrected chi connectivity index (χ2v) is 6.49. The first kappa shape index (κ1) is 18.3. The number of hydrogen-bond donors (Lipinski definition) is 2. The van der Waals surface area contributed by atoms with E-state index in [-0.39, 0.29) is 17.2 Å². The largest absolute Gasteiger partial charge is 0.481 e. The van der Waals surface area contributed by atoms with Gasteiger partial charge in [-0.15, -0.1) is 0 Å². The van der Waals surface area contributed by atoms with E-state index in [1.165, 1.54) is 19.1 Å². The smallest absolute Gasteiger partial charge is 0.416 e. The number of nitrogens with one attached hydrogen (secondary N) is 1. The van der Waals surface area contributed by atoms with Gasteiger partial charge in [0.05, 0.1) is 17.4 Å². The van der Waals surface area contributed by atoms with Gasteiger partial charge in [0.1, 0.15) is 0 Å². The molecule has 1 saturated carbocycles. The number of aliphatic carboxylic acids is 1. The van der Waals surface area contributed by atoms with E-state index < -0.39 is 35.5 Å². The molecule has 24 heavy (non-hydrogen) atoms. The first-order valence-electron chi connectivity index (χ1n) is 7.81. The summed E-state index contributed by atoms with van der Waals surface area (Å²) in [6, 6.07) is 3.56. The van der Waals surface area contributed by atoms with Crippen molar-refractivity contribution in [3.8, 4) is 0 Å². The first-order valence-corrected chi connectivity index (χ1v) is 7.81. The lowest BCUT2D eigenvalue weighted by atomic mass is 9.74. The van der Waals surface area contributed by atoms with Gasteiger partial charge in [0.25, 0.3) is 0 Å². The van der Waals surface area contributed by atoms with Crippen LogP contribution >= 0.6 is 0 Å². The van der Waals surface area contributed by atoms with Gasteiger partial charge in [-0.2, -0.15) is 13.2 Å². The van der Waals surface area contributed by atoms with Crippen molar-refractivity contribution in [3.63, 3.8) is 0 Å². The minimum atomic E-state index is -4.51. The lowest BCUT2D eigenvalue weighted by Gasteiger charge is -2.31. The second kappa shape index (κ2) is 6.83. The van der Waals surface area contributed by atoms with Crippen LogP contribution < -0.4 is 5.32 Å². The molecule has 0 heterocycles. The summed E-state index contributed by atoms with van der Waals surface area (Å²) in [5.74, 6) is -2.89. The van der Waals surface area contributed by atoms with Crippen molar-refractivity contribution in [2.24, 2.45) is 17.8 Å². The molecule has 1 aromatic rings. The van der Waals surface area contributed by atoms with E-state index >= 15 is 0 Å². The van der Waals surface area contributed by atoms with Gasteiger partial charge in [-0.05, 0) is 49.8 Å². The Balaban J connectivity index is 2.18. The first-order chi connectivity index (χ1) is 11.1. The van der Waals surface area contributed by atoms with Crippen molar-refractivity contribution in [3.05, 3.63) is 29.3 Å². The predicted molar refractivity (Wildman–Crippen MR) is 82.4 cm³/mol. The SMILES string of the molecule is Cc1ccc(NC(=O)C2CCC(C)CC2C(=O)O)cc1C(F)(F)F. The number of benzene rings is 1. The van der Waals surface area contributed by atoms with Crippen LogP contribution in [0.2, 0.25) is 0 Å². The maximum absolute atomic E-state index is 12.9.